The zero-order chi connectivity index (χ0) is 23.6. The van der Waals surface area contributed by atoms with Crippen LogP contribution in [0.3, 0.4) is 0 Å². The molecule has 2 saturated carbocycles. The molecule has 7 nitrogen and oxygen atoms in total. The molecule has 4 aliphatic carbocycles. The van der Waals surface area contributed by atoms with E-state index in [0.29, 0.717) is 28.8 Å². The molecule has 2 aromatic carbocycles. The van der Waals surface area contributed by atoms with Gasteiger partial charge in [0, 0.05) is 5.56 Å². The van der Waals surface area contributed by atoms with Gasteiger partial charge in [-0.1, -0.05) is 18.2 Å². The third-order valence-electron chi connectivity index (χ3n) is 7.75. The van der Waals surface area contributed by atoms with Crippen LogP contribution in [0.4, 0.5) is 5.69 Å². The first-order chi connectivity index (χ1) is 16.5. The lowest BCUT2D eigenvalue weighted by Gasteiger charge is -2.37. The van der Waals surface area contributed by atoms with Crippen LogP contribution in [0.5, 0.6) is 5.75 Å². The number of ether oxygens (including phenoxy) is 2. The summed E-state index contributed by atoms with van der Waals surface area (Å²) < 4.78 is 10.3. The van der Waals surface area contributed by atoms with E-state index in [9.17, 15) is 19.2 Å². The number of carbonyl (C=O) groups excluding carboxylic acids is 4. The van der Waals surface area contributed by atoms with Crippen molar-refractivity contribution in [3.8, 4) is 5.75 Å². The quantitative estimate of drug-likeness (QED) is 0.286. The van der Waals surface area contributed by atoms with Gasteiger partial charge < -0.3 is 9.47 Å². The summed E-state index contributed by atoms with van der Waals surface area (Å²) in [6.07, 6.45) is 5.36. The van der Waals surface area contributed by atoms with Gasteiger partial charge in [-0.15, -0.1) is 0 Å². The van der Waals surface area contributed by atoms with E-state index < -0.39 is 12.6 Å². The van der Waals surface area contributed by atoms with Gasteiger partial charge in [-0.05, 0) is 72.6 Å². The minimum absolute atomic E-state index is 0.138. The van der Waals surface area contributed by atoms with Crippen molar-refractivity contribution in [1.29, 1.82) is 0 Å². The van der Waals surface area contributed by atoms with Crippen molar-refractivity contribution in [1.82, 2.24) is 0 Å². The zero-order valence-corrected chi connectivity index (χ0v) is 18.5. The van der Waals surface area contributed by atoms with E-state index in [1.807, 2.05) is 0 Å². The summed E-state index contributed by atoms with van der Waals surface area (Å²) in [5, 5.41) is 0. The summed E-state index contributed by atoms with van der Waals surface area (Å²) in [4.78, 5) is 52.8. The summed E-state index contributed by atoms with van der Waals surface area (Å²) >= 11 is 0. The highest BCUT2D eigenvalue weighted by Gasteiger charge is 2.67. The summed E-state index contributed by atoms with van der Waals surface area (Å²) in [6, 6.07) is 12.8. The Labute approximate surface area is 196 Å². The maximum Gasteiger partial charge on any atom is 0.338 e. The van der Waals surface area contributed by atoms with E-state index in [2.05, 4.69) is 12.2 Å². The highest BCUT2D eigenvalue weighted by atomic mass is 16.5. The van der Waals surface area contributed by atoms with Gasteiger partial charge in [0.2, 0.25) is 11.8 Å². The molecule has 7 rings (SSSR count). The molecular weight excluding hydrogens is 434 g/mol. The second kappa shape index (κ2) is 7.65. The van der Waals surface area contributed by atoms with E-state index in [0.717, 1.165) is 6.42 Å². The Hall–Kier alpha value is -3.74. The monoisotopic (exact) mass is 457 g/mol. The molecule has 2 bridgehead atoms. The predicted molar refractivity (Wildman–Crippen MR) is 121 cm³/mol. The number of hydrogen-bond acceptors (Lipinski definition) is 6. The highest BCUT2D eigenvalue weighted by molar-refractivity contribution is 6.23. The van der Waals surface area contributed by atoms with Gasteiger partial charge in [-0.2, -0.15) is 0 Å². The Kier molecular flexibility index (Phi) is 4.69. The highest BCUT2D eigenvalue weighted by Crippen LogP contribution is 2.65. The molecule has 1 aliphatic heterocycles. The third-order valence-corrected chi connectivity index (χ3v) is 7.75. The van der Waals surface area contributed by atoms with Crippen LogP contribution in [0.2, 0.25) is 0 Å². The minimum Gasteiger partial charge on any atom is -0.497 e. The van der Waals surface area contributed by atoms with Gasteiger partial charge in [-0.3, -0.25) is 14.4 Å². The summed E-state index contributed by atoms with van der Waals surface area (Å²) in [5.41, 5.74) is 0.951. The Balaban J connectivity index is 1.17. The van der Waals surface area contributed by atoms with Gasteiger partial charge in [0.15, 0.2) is 12.4 Å². The molecule has 0 spiro atoms. The molecule has 0 aromatic heterocycles. The molecule has 2 amide bonds. The van der Waals surface area contributed by atoms with Crippen molar-refractivity contribution < 1.29 is 28.7 Å². The van der Waals surface area contributed by atoms with E-state index >= 15 is 0 Å². The maximum atomic E-state index is 13.3. The van der Waals surface area contributed by atoms with Crippen LogP contribution in [-0.2, 0) is 14.3 Å². The Morgan fingerprint density at radius 2 is 1.56 bits per heavy atom. The van der Waals surface area contributed by atoms with Crippen molar-refractivity contribution in [2.75, 3.05) is 18.6 Å². The average molecular weight is 457 g/mol. The van der Waals surface area contributed by atoms with Gasteiger partial charge in [-0.25, -0.2) is 9.69 Å². The molecule has 3 fully saturated rings. The predicted octanol–water partition coefficient (Wildman–Crippen LogP) is 3.29. The topological polar surface area (TPSA) is 90.0 Å². The van der Waals surface area contributed by atoms with Crippen molar-refractivity contribution in [3.63, 3.8) is 0 Å². The molecule has 34 heavy (non-hydrogen) atoms. The second-order valence-electron chi connectivity index (χ2n) is 9.44. The minimum atomic E-state index is -0.691. The molecule has 172 valence electrons. The SMILES string of the molecule is COc1ccc(C(=O)COC(=O)c2cccc(N3C(=O)[C@H]4[C@@H]5C=C[C@H]([C@H]6C[C@H]56)[C@@H]4C3=O)c2)cc1. The Bertz CT molecular complexity index is 1210. The number of benzene rings is 2. The number of carbonyl (C=O) groups is 4. The summed E-state index contributed by atoms with van der Waals surface area (Å²) in [6.45, 7) is -0.418. The normalized spacial score (nSPS) is 30.1. The van der Waals surface area contributed by atoms with Crippen LogP contribution in [-0.4, -0.2) is 37.3 Å². The van der Waals surface area contributed by atoms with Crippen LogP contribution in [0, 0.1) is 35.5 Å². The number of allylic oxidation sites excluding steroid dienone is 2. The number of hydrogen-bond donors (Lipinski definition) is 0. The Morgan fingerprint density at radius 1 is 0.912 bits per heavy atom. The zero-order valence-electron chi connectivity index (χ0n) is 18.5. The lowest BCUT2D eigenvalue weighted by Crippen LogP contribution is -2.40. The number of Topliss-reactive ketones (excluding diaryl/α,β-unsaturated/α-hetero) is 1. The number of amides is 2. The second-order valence-corrected chi connectivity index (χ2v) is 9.44. The number of anilines is 1. The van der Waals surface area contributed by atoms with E-state index in [1.165, 1.54) is 18.1 Å². The molecule has 1 saturated heterocycles. The number of nitrogens with zero attached hydrogens (tertiary/aromatic N) is 1. The fourth-order valence-corrected chi connectivity index (χ4v) is 6.06. The number of ketones is 1. The van der Waals surface area contributed by atoms with Crippen LogP contribution in [0.15, 0.2) is 60.7 Å². The average Bonchev–Trinajstić information content (AvgIpc) is 3.65. The van der Waals surface area contributed by atoms with E-state index in [-0.39, 0.29) is 46.8 Å². The maximum absolute atomic E-state index is 13.3. The molecule has 5 aliphatic rings. The molecule has 0 radical (unpaired) electrons. The van der Waals surface area contributed by atoms with Gasteiger partial charge >= 0.3 is 5.97 Å². The van der Waals surface area contributed by atoms with Crippen molar-refractivity contribution in [2.24, 2.45) is 35.5 Å². The molecule has 2 aromatic rings. The molecule has 0 unspecified atom stereocenters. The van der Waals surface area contributed by atoms with Crippen LogP contribution < -0.4 is 9.64 Å². The fraction of sp³-hybridized carbons (Fsp3) is 0.333. The van der Waals surface area contributed by atoms with Crippen LogP contribution in [0.25, 0.3) is 0 Å². The largest absolute Gasteiger partial charge is 0.497 e. The van der Waals surface area contributed by atoms with Crippen molar-refractivity contribution in [2.45, 2.75) is 6.42 Å². The first kappa shape index (κ1) is 20.8. The lowest BCUT2D eigenvalue weighted by atomic mass is 9.63. The summed E-state index contributed by atoms with van der Waals surface area (Å²) in [5.74, 6) is -0.0530. The molecule has 1 heterocycles. The van der Waals surface area contributed by atoms with Crippen molar-refractivity contribution in [3.05, 3.63) is 71.8 Å². The smallest absolute Gasteiger partial charge is 0.338 e. The molecule has 0 N–H and O–H groups in total. The van der Waals surface area contributed by atoms with E-state index in [4.69, 9.17) is 9.47 Å². The first-order valence-corrected chi connectivity index (χ1v) is 11.5. The first-order valence-electron chi connectivity index (χ1n) is 11.5. The molecule has 6 atom stereocenters. The third kappa shape index (κ3) is 3.10. The standard InChI is InChI=1S/C27H23NO6/c1-33-17-7-5-14(6-8-17)22(29)13-34-27(32)15-3-2-4-16(11-15)28-25(30)23-18-9-10-19(21-12-20(18)21)24(23)26(28)31/h2-11,18-21,23-24H,12-13H2,1H3/t18-,19-,20-,21-,23+,24+/m1/s1. The molecule has 7 heteroatoms. The fourth-order valence-electron chi connectivity index (χ4n) is 6.06. The Morgan fingerprint density at radius 3 is 2.18 bits per heavy atom. The molecular formula is C27H23NO6. The van der Waals surface area contributed by atoms with Crippen molar-refractivity contribution >= 4 is 29.3 Å². The summed E-state index contributed by atoms with van der Waals surface area (Å²) in [7, 11) is 1.54. The van der Waals surface area contributed by atoms with Crippen LogP contribution in [0.1, 0.15) is 27.1 Å². The van der Waals surface area contributed by atoms with Crippen LogP contribution >= 0.6 is 0 Å². The van der Waals surface area contributed by atoms with Gasteiger partial charge in [0.05, 0.1) is 30.2 Å². The number of imide groups is 1. The lowest BCUT2D eigenvalue weighted by molar-refractivity contribution is -0.124. The van der Waals surface area contributed by atoms with Gasteiger partial charge in [0.1, 0.15) is 5.75 Å². The number of rotatable bonds is 6. The van der Waals surface area contributed by atoms with Gasteiger partial charge in [0.25, 0.3) is 0 Å². The number of methoxy groups -OCH3 is 1. The number of esters is 1. The van der Waals surface area contributed by atoms with E-state index in [1.54, 1.807) is 42.5 Å².